The molecule has 3 rings (SSSR count). The molecule has 6 nitrogen and oxygen atoms in total. The number of guanidine groups is 1. The smallest absolute Gasteiger partial charge is 0.191 e. The van der Waals surface area contributed by atoms with Gasteiger partial charge in [-0.05, 0) is 56.3 Å². The van der Waals surface area contributed by atoms with E-state index in [1.54, 1.807) is 0 Å². The molecule has 170 valence electrons. The first-order valence-electron chi connectivity index (χ1n) is 11.3. The number of rotatable bonds is 10. The highest BCUT2D eigenvalue weighted by Gasteiger charge is 2.15. The topological polar surface area (TPSA) is 58.1 Å². The minimum Gasteiger partial charge on any atom is -0.379 e. The number of nitrogens with zero attached hydrogens (tertiary/aromatic N) is 2. The molecule has 2 fully saturated rings. The van der Waals surface area contributed by atoms with Gasteiger partial charge >= 0.3 is 0 Å². The molecule has 1 aromatic carbocycles. The maximum atomic E-state index is 5.70. The van der Waals surface area contributed by atoms with Crippen molar-refractivity contribution in [1.29, 1.82) is 0 Å². The van der Waals surface area contributed by atoms with Gasteiger partial charge in [0, 0.05) is 39.9 Å². The van der Waals surface area contributed by atoms with Gasteiger partial charge in [-0.15, -0.1) is 24.0 Å². The summed E-state index contributed by atoms with van der Waals surface area (Å²) in [6.45, 7) is 7.54. The summed E-state index contributed by atoms with van der Waals surface area (Å²) in [7, 11) is 1.81. The monoisotopic (exact) mass is 530 g/mol. The predicted octanol–water partition coefficient (Wildman–Crippen LogP) is 3.54. The summed E-state index contributed by atoms with van der Waals surface area (Å²) in [6.07, 6.45) is 7.64. The summed E-state index contributed by atoms with van der Waals surface area (Å²) < 4.78 is 11.3. The second kappa shape index (κ2) is 15.0. The van der Waals surface area contributed by atoms with Crippen LogP contribution in [-0.2, 0) is 22.6 Å². The van der Waals surface area contributed by atoms with Crippen LogP contribution in [0.1, 0.15) is 49.7 Å². The Morgan fingerprint density at radius 3 is 2.57 bits per heavy atom. The van der Waals surface area contributed by atoms with Gasteiger partial charge in [0.25, 0.3) is 0 Å². The fourth-order valence-corrected chi connectivity index (χ4v) is 3.92. The van der Waals surface area contributed by atoms with Gasteiger partial charge in [-0.1, -0.05) is 30.7 Å². The van der Waals surface area contributed by atoms with Crippen molar-refractivity contribution >= 4 is 29.9 Å². The molecule has 0 aromatic heterocycles. The molecule has 1 atom stereocenters. The maximum Gasteiger partial charge on any atom is 0.191 e. The summed E-state index contributed by atoms with van der Waals surface area (Å²) in [5.41, 5.74) is 2.68. The summed E-state index contributed by atoms with van der Waals surface area (Å²) in [4.78, 5) is 6.87. The van der Waals surface area contributed by atoms with Gasteiger partial charge < -0.3 is 20.1 Å². The quantitative estimate of drug-likeness (QED) is 0.210. The van der Waals surface area contributed by atoms with E-state index in [9.17, 15) is 0 Å². The lowest BCUT2D eigenvalue weighted by molar-refractivity contribution is 0.0168. The lowest BCUT2D eigenvalue weighted by Crippen LogP contribution is -2.37. The van der Waals surface area contributed by atoms with Gasteiger partial charge in [-0.2, -0.15) is 0 Å². The van der Waals surface area contributed by atoms with Gasteiger partial charge in [0.1, 0.15) is 0 Å². The van der Waals surface area contributed by atoms with Crippen LogP contribution in [0, 0.1) is 0 Å². The molecule has 1 unspecified atom stereocenters. The van der Waals surface area contributed by atoms with Crippen LogP contribution in [0.5, 0.6) is 0 Å². The molecule has 1 aromatic rings. The fraction of sp³-hybridized carbons (Fsp3) is 0.696. The lowest BCUT2D eigenvalue weighted by Gasteiger charge is -2.26. The van der Waals surface area contributed by atoms with Crippen molar-refractivity contribution in [2.45, 2.75) is 57.7 Å². The van der Waals surface area contributed by atoms with Crippen LogP contribution in [0.25, 0.3) is 0 Å². The van der Waals surface area contributed by atoms with E-state index in [-0.39, 0.29) is 24.0 Å². The van der Waals surface area contributed by atoms with E-state index < -0.39 is 0 Å². The van der Waals surface area contributed by atoms with Gasteiger partial charge in [0.2, 0.25) is 0 Å². The third-order valence-corrected chi connectivity index (χ3v) is 5.65. The van der Waals surface area contributed by atoms with Crippen molar-refractivity contribution in [3.8, 4) is 0 Å². The first kappa shape index (κ1) is 25.4. The van der Waals surface area contributed by atoms with E-state index in [2.05, 4.69) is 44.8 Å². The number of benzene rings is 1. The summed E-state index contributed by atoms with van der Waals surface area (Å²) in [5.74, 6) is 0.835. The second-order valence-electron chi connectivity index (χ2n) is 8.07. The van der Waals surface area contributed by atoms with E-state index in [1.807, 2.05) is 7.05 Å². The summed E-state index contributed by atoms with van der Waals surface area (Å²) >= 11 is 0. The molecule has 0 amide bonds. The van der Waals surface area contributed by atoms with Crippen LogP contribution >= 0.6 is 24.0 Å². The number of hydrogen-bond donors (Lipinski definition) is 2. The van der Waals surface area contributed by atoms with Crippen molar-refractivity contribution in [1.82, 2.24) is 15.5 Å². The van der Waals surface area contributed by atoms with Crippen LogP contribution in [0.4, 0.5) is 0 Å². The zero-order valence-electron chi connectivity index (χ0n) is 18.4. The molecule has 0 spiro atoms. The van der Waals surface area contributed by atoms with Crippen molar-refractivity contribution < 1.29 is 9.47 Å². The number of halogens is 1. The number of likely N-dealkylation sites (tertiary alicyclic amines) is 1. The van der Waals surface area contributed by atoms with Crippen LogP contribution < -0.4 is 10.6 Å². The molecule has 0 aliphatic carbocycles. The predicted molar refractivity (Wildman–Crippen MR) is 134 cm³/mol. The molecular formula is C23H39IN4O2. The largest absolute Gasteiger partial charge is 0.379 e. The number of aliphatic imine (C=N–C) groups is 1. The second-order valence-corrected chi connectivity index (χ2v) is 8.07. The van der Waals surface area contributed by atoms with Gasteiger partial charge in [-0.3, -0.25) is 9.89 Å². The Bertz CT molecular complexity index is 600. The highest BCUT2D eigenvalue weighted by atomic mass is 127. The van der Waals surface area contributed by atoms with E-state index in [4.69, 9.17) is 9.47 Å². The molecule has 7 heteroatoms. The first-order valence-corrected chi connectivity index (χ1v) is 11.3. The Hall–Kier alpha value is -0.900. The van der Waals surface area contributed by atoms with Crippen molar-refractivity contribution in [2.24, 2.45) is 4.99 Å². The molecule has 2 saturated heterocycles. The molecule has 2 aliphatic rings. The molecule has 0 saturated carbocycles. The normalized spacial score (nSPS) is 20.0. The molecule has 0 bridgehead atoms. The average molecular weight is 530 g/mol. The highest BCUT2D eigenvalue weighted by Crippen LogP contribution is 2.14. The van der Waals surface area contributed by atoms with Crippen LogP contribution in [-0.4, -0.2) is 63.5 Å². The number of piperidine rings is 1. The zero-order valence-corrected chi connectivity index (χ0v) is 20.7. The zero-order chi connectivity index (χ0) is 20.2. The van der Waals surface area contributed by atoms with Crippen molar-refractivity contribution in [3.05, 3.63) is 35.4 Å². The molecule has 2 heterocycles. The van der Waals surface area contributed by atoms with Crippen LogP contribution in [0.2, 0.25) is 0 Å². The average Bonchev–Trinajstić information content (AvgIpc) is 3.28. The Kier molecular flexibility index (Phi) is 12.7. The molecule has 2 aliphatic heterocycles. The minimum atomic E-state index is 0. The molecule has 30 heavy (non-hydrogen) atoms. The lowest BCUT2D eigenvalue weighted by atomic mass is 10.1. The first-order chi connectivity index (χ1) is 14.3. The molecule has 2 N–H and O–H groups in total. The third-order valence-electron chi connectivity index (χ3n) is 5.65. The van der Waals surface area contributed by atoms with Crippen LogP contribution in [0.15, 0.2) is 29.3 Å². The molecular weight excluding hydrogens is 491 g/mol. The highest BCUT2D eigenvalue weighted by molar-refractivity contribution is 14.0. The maximum absolute atomic E-state index is 5.70. The van der Waals surface area contributed by atoms with Gasteiger partial charge in [-0.25, -0.2) is 0 Å². The SMILES string of the molecule is CN=C(NCCCOCC1CCCO1)NCc1ccc(CN2CCCCC2)cc1.I. The Labute approximate surface area is 199 Å². The van der Waals surface area contributed by atoms with Gasteiger partial charge in [0.15, 0.2) is 5.96 Å². The van der Waals surface area contributed by atoms with E-state index in [0.717, 1.165) is 58.3 Å². The van der Waals surface area contributed by atoms with E-state index >= 15 is 0 Å². The van der Waals surface area contributed by atoms with Crippen LogP contribution in [0.3, 0.4) is 0 Å². The fourth-order valence-electron chi connectivity index (χ4n) is 3.92. The van der Waals surface area contributed by atoms with Crippen molar-refractivity contribution in [2.75, 3.05) is 46.5 Å². The Balaban J connectivity index is 0.00000320. The Morgan fingerprint density at radius 1 is 1.10 bits per heavy atom. The van der Waals surface area contributed by atoms with E-state index in [0.29, 0.717) is 6.10 Å². The van der Waals surface area contributed by atoms with Gasteiger partial charge in [0.05, 0.1) is 12.7 Å². The number of nitrogens with one attached hydrogen (secondary N) is 2. The summed E-state index contributed by atoms with van der Waals surface area (Å²) in [6, 6.07) is 8.96. The Morgan fingerprint density at radius 2 is 1.87 bits per heavy atom. The van der Waals surface area contributed by atoms with Crippen molar-refractivity contribution in [3.63, 3.8) is 0 Å². The number of ether oxygens (including phenoxy) is 2. The standard InChI is InChI=1S/C23H38N4O2.HI/c1-24-23(25-12-6-15-28-19-22-7-5-16-29-22)26-17-20-8-10-21(11-9-20)18-27-13-3-2-4-14-27;/h8-11,22H,2-7,12-19H2,1H3,(H2,24,25,26);1H. The number of hydrogen-bond acceptors (Lipinski definition) is 4. The molecule has 0 radical (unpaired) electrons. The third kappa shape index (κ3) is 9.49. The minimum absolute atomic E-state index is 0. The van der Waals surface area contributed by atoms with E-state index in [1.165, 1.54) is 49.9 Å². The summed E-state index contributed by atoms with van der Waals surface area (Å²) in [5, 5.41) is 6.74.